The van der Waals surface area contributed by atoms with E-state index in [9.17, 15) is 2.74 Å². The zero-order chi connectivity index (χ0) is 38.7. The molecule has 8 aromatic rings. The maximum absolute atomic E-state index is 9.95. The zero-order valence-corrected chi connectivity index (χ0v) is 33.1. The molecule has 1 spiro atoms. The average Bonchev–Trinajstić information content (AvgIpc) is 3.82. The van der Waals surface area contributed by atoms with Gasteiger partial charge in [0.2, 0.25) is 11.4 Å². The number of hydrogen-bond donors (Lipinski definition) is 0. The van der Waals surface area contributed by atoms with Crippen molar-refractivity contribution in [1.29, 1.82) is 0 Å². The van der Waals surface area contributed by atoms with Crippen LogP contribution in [0.5, 0.6) is 0 Å². The molecular formula is C49H46N2OS+2. The fraction of sp³-hybridized carbons (Fsp3) is 0.265. The molecule has 4 heteroatoms. The average molecular weight is 713 g/mol. The number of benzene rings is 4. The van der Waals surface area contributed by atoms with Crippen LogP contribution < -0.4 is 9.13 Å². The van der Waals surface area contributed by atoms with Crippen molar-refractivity contribution in [3.05, 3.63) is 140 Å². The molecule has 10 rings (SSSR count). The smallest absolute Gasteiger partial charge is 0.417 e. The van der Waals surface area contributed by atoms with E-state index >= 15 is 0 Å². The van der Waals surface area contributed by atoms with Crippen molar-refractivity contribution in [3.8, 4) is 33.6 Å². The Morgan fingerprint density at radius 2 is 1.36 bits per heavy atom. The second kappa shape index (κ2) is 10.8. The van der Waals surface area contributed by atoms with Gasteiger partial charge in [-0.1, -0.05) is 56.7 Å². The minimum atomic E-state index is -1.69. The van der Waals surface area contributed by atoms with Crippen molar-refractivity contribution < 1.29 is 16.3 Å². The van der Waals surface area contributed by atoms with Gasteiger partial charge in [-0.3, -0.25) is 0 Å². The number of pyridine rings is 2. The van der Waals surface area contributed by atoms with E-state index in [1.165, 1.54) is 48.3 Å². The van der Waals surface area contributed by atoms with Gasteiger partial charge in [0, 0.05) is 41.7 Å². The fourth-order valence-electron chi connectivity index (χ4n) is 9.38. The molecule has 3 nitrogen and oxygen atoms in total. The Morgan fingerprint density at radius 3 is 2.11 bits per heavy atom. The van der Waals surface area contributed by atoms with Gasteiger partial charge in [-0.25, -0.2) is 0 Å². The molecule has 262 valence electrons. The lowest BCUT2D eigenvalue weighted by Crippen LogP contribution is -2.71. The molecule has 6 heterocycles. The first-order valence-corrected chi connectivity index (χ1v) is 19.6. The zero-order valence-electron chi connectivity index (χ0n) is 34.3. The Bertz CT molecular complexity index is 3010. The van der Waals surface area contributed by atoms with Gasteiger partial charge in [-0.05, 0) is 129 Å². The van der Waals surface area contributed by atoms with Gasteiger partial charge < -0.3 is 4.42 Å². The van der Waals surface area contributed by atoms with Crippen LogP contribution in [0.4, 0.5) is 0 Å². The minimum absolute atomic E-state index is 0.688. The van der Waals surface area contributed by atoms with Gasteiger partial charge in [0.1, 0.15) is 22.3 Å². The Kier molecular flexibility index (Phi) is 6.17. The van der Waals surface area contributed by atoms with E-state index in [1.807, 2.05) is 32.1 Å². The molecular weight excluding hydrogens is 665 g/mol. The van der Waals surface area contributed by atoms with E-state index in [1.54, 1.807) is 0 Å². The Labute approximate surface area is 319 Å². The van der Waals surface area contributed by atoms with E-state index in [0.29, 0.717) is 5.56 Å². The summed E-state index contributed by atoms with van der Waals surface area (Å²) >= 11 is 1.81. The maximum Gasteiger partial charge on any atom is 0.417 e. The summed E-state index contributed by atoms with van der Waals surface area (Å²) in [5, 5.41) is 3.47. The van der Waals surface area contributed by atoms with Crippen LogP contribution in [-0.2, 0) is 12.0 Å². The van der Waals surface area contributed by atoms with Crippen LogP contribution in [0.3, 0.4) is 0 Å². The number of aryl methyl sites for hydroxylation is 7. The summed E-state index contributed by atoms with van der Waals surface area (Å²) in [6.07, 6.45) is 2.80. The van der Waals surface area contributed by atoms with Crippen molar-refractivity contribution in [2.45, 2.75) is 81.3 Å². The predicted molar refractivity (Wildman–Crippen MR) is 220 cm³/mol. The van der Waals surface area contributed by atoms with Crippen LogP contribution in [0.25, 0.3) is 65.7 Å². The Morgan fingerprint density at radius 1 is 0.660 bits per heavy atom. The maximum atomic E-state index is 9.95. The molecule has 0 amide bonds. The van der Waals surface area contributed by atoms with Crippen molar-refractivity contribution in [2.24, 2.45) is 5.41 Å². The number of furan rings is 1. The Hall–Kier alpha value is -5.06. The lowest BCUT2D eigenvalue weighted by atomic mass is 9.83. The summed E-state index contributed by atoms with van der Waals surface area (Å²) in [5.74, 6) is 0. The van der Waals surface area contributed by atoms with Gasteiger partial charge in [0.15, 0.2) is 18.0 Å². The first kappa shape index (κ1) is 30.4. The van der Waals surface area contributed by atoms with Gasteiger partial charge in [0.05, 0.1) is 10.3 Å². The van der Waals surface area contributed by atoms with Crippen LogP contribution >= 0.6 is 11.3 Å². The molecule has 0 bridgehead atoms. The third-order valence-corrected chi connectivity index (χ3v) is 13.2. The fourth-order valence-corrected chi connectivity index (χ4v) is 10.5. The molecule has 1 unspecified atom stereocenters. The molecule has 0 N–H and O–H groups in total. The molecule has 4 aromatic heterocycles. The number of nitrogens with zero attached hydrogens (tertiary/aromatic N) is 2. The first-order chi connectivity index (χ1) is 26.0. The van der Waals surface area contributed by atoms with Crippen molar-refractivity contribution >= 4 is 43.4 Å². The summed E-state index contributed by atoms with van der Waals surface area (Å²) < 4.78 is 33.2. The first-order valence-electron chi connectivity index (χ1n) is 19.8. The summed E-state index contributed by atoms with van der Waals surface area (Å²) in [4.78, 5) is 1.31. The number of thiophene rings is 1. The summed E-state index contributed by atoms with van der Waals surface area (Å²) in [6.45, 7) is 21.3. The summed E-state index contributed by atoms with van der Waals surface area (Å²) in [7, 11) is 0. The molecule has 0 saturated carbocycles. The van der Waals surface area contributed by atoms with E-state index in [-0.39, 0.29) is 0 Å². The van der Waals surface area contributed by atoms with Crippen LogP contribution in [-0.4, -0.2) is 0 Å². The second-order valence-electron chi connectivity index (χ2n) is 16.7. The van der Waals surface area contributed by atoms with Crippen molar-refractivity contribution in [3.63, 3.8) is 0 Å². The summed E-state index contributed by atoms with van der Waals surface area (Å²) in [6, 6.07) is 26.9. The van der Waals surface area contributed by atoms with Crippen LogP contribution in [0.1, 0.15) is 78.5 Å². The number of fused-ring (bicyclic) bond motifs is 16. The normalized spacial score (nSPS) is 16.7. The second-order valence-corrected chi connectivity index (χ2v) is 17.9. The molecule has 0 fully saturated rings. The quantitative estimate of drug-likeness (QED) is 0.163. The number of aromatic nitrogens is 2. The van der Waals surface area contributed by atoms with Gasteiger partial charge >= 0.3 is 5.66 Å². The third kappa shape index (κ3) is 4.27. The van der Waals surface area contributed by atoms with Gasteiger partial charge in [-0.15, -0.1) is 20.5 Å². The third-order valence-electron chi connectivity index (χ3n) is 12.0. The molecule has 0 aliphatic carbocycles. The van der Waals surface area contributed by atoms with E-state index in [0.717, 1.165) is 66.7 Å². The standard InChI is InChI=1S/C49H46N2OS/c1-26-14-15-37-40(20-26)49(50-24-30(5)29(4)21-41(37)50)39-19-18-35-36-17-16-34-31(6)32(7)53-47(34)46(36)52-45(35)44(39)42-22-38(43-27(2)12-11-13-28(43)3)33(25-51(42)49)23-48(8,9)10/h11-22,24-25H,23H2,1-10H3/q+2/i23D2. The monoisotopic (exact) mass is 712 g/mol. The van der Waals surface area contributed by atoms with Crippen LogP contribution in [0.15, 0.2) is 89.6 Å². The highest BCUT2D eigenvalue weighted by Gasteiger charge is 2.67. The molecule has 0 radical (unpaired) electrons. The molecule has 2 aliphatic heterocycles. The SMILES string of the molecule is [2H]C([2H])(c1c[n+]2c(cc1-c1c(C)cccc1C)-c1c(ccc3c1oc1c3ccc3c(C)c(C)sc31)C21c2cc(C)ccc2-c2cc(C)c(C)c[n+]21)C(C)(C)C. The van der Waals surface area contributed by atoms with Crippen LogP contribution in [0, 0.1) is 53.9 Å². The largest absolute Gasteiger partial charge is 0.454 e. The van der Waals surface area contributed by atoms with E-state index < -0.39 is 17.5 Å². The predicted octanol–water partition coefficient (Wildman–Crippen LogP) is 12.0. The minimum Gasteiger partial charge on any atom is -0.454 e. The Balaban J connectivity index is 1.45. The topological polar surface area (TPSA) is 20.9 Å². The number of hydrogen-bond acceptors (Lipinski definition) is 2. The lowest BCUT2D eigenvalue weighted by Gasteiger charge is -2.23. The molecule has 0 saturated heterocycles. The van der Waals surface area contributed by atoms with Gasteiger partial charge in [-0.2, -0.15) is 0 Å². The number of rotatable bonds is 2. The van der Waals surface area contributed by atoms with E-state index in [2.05, 4.69) is 143 Å². The highest BCUT2D eigenvalue weighted by atomic mass is 32.1. The molecule has 2 aliphatic rings. The summed E-state index contributed by atoms with van der Waals surface area (Å²) in [5.41, 5.74) is 16.9. The molecule has 1 atom stereocenters. The van der Waals surface area contributed by atoms with Crippen LogP contribution in [0.2, 0.25) is 0 Å². The highest BCUT2D eigenvalue weighted by Crippen LogP contribution is 2.53. The van der Waals surface area contributed by atoms with Crippen molar-refractivity contribution in [2.75, 3.05) is 0 Å². The van der Waals surface area contributed by atoms with Gasteiger partial charge in [0.25, 0.3) is 0 Å². The highest BCUT2D eigenvalue weighted by molar-refractivity contribution is 7.20. The lowest BCUT2D eigenvalue weighted by molar-refractivity contribution is -0.955. The molecule has 4 aromatic carbocycles. The molecule has 53 heavy (non-hydrogen) atoms. The van der Waals surface area contributed by atoms with E-state index in [4.69, 9.17) is 4.42 Å². The van der Waals surface area contributed by atoms with Crippen molar-refractivity contribution in [1.82, 2.24) is 0 Å².